The zero-order valence-corrected chi connectivity index (χ0v) is 11.3. The van der Waals surface area contributed by atoms with E-state index in [0.717, 1.165) is 23.9 Å². The van der Waals surface area contributed by atoms with Crippen molar-refractivity contribution in [2.45, 2.75) is 22.0 Å². The molecule has 0 heterocycles. The van der Waals surface area contributed by atoms with Crippen LogP contribution in [0.4, 0.5) is 5.69 Å². The fraction of sp³-hybridized carbons (Fsp3) is 0.222. The number of carboxylic acid groups (broad SMARTS) is 1. The highest BCUT2D eigenvalue weighted by atomic mass is 32.2. The summed E-state index contributed by atoms with van der Waals surface area (Å²) in [5.74, 6) is -1.13. The van der Waals surface area contributed by atoms with Crippen LogP contribution >= 0.6 is 11.8 Å². The van der Waals surface area contributed by atoms with Gasteiger partial charge < -0.3 is 5.11 Å². The second kappa shape index (κ2) is 5.55. The third kappa shape index (κ3) is 3.91. The molecular formula is C9H10N2O6S2. The summed E-state index contributed by atoms with van der Waals surface area (Å²) in [6.07, 6.45) is 0. The molecule has 0 aliphatic rings. The molecule has 0 saturated heterocycles. The molecule has 0 amide bonds. The van der Waals surface area contributed by atoms with E-state index in [0.29, 0.717) is 0 Å². The normalized spacial score (nSPS) is 12.9. The Labute approximate surface area is 112 Å². The highest BCUT2D eigenvalue weighted by Gasteiger charge is 2.22. The van der Waals surface area contributed by atoms with Crippen LogP contribution in [0.2, 0.25) is 0 Å². The van der Waals surface area contributed by atoms with Gasteiger partial charge in [-0.1, -0.05) is 0 Å². The molecule has 1 aromatic rings. The summed E-state index contributed by atoms with van der Waals surface area (Å²) in [6, 6.07) is 3.08. The molecular weight excluding hydrogens is 296 g/mol. The van der Waals surface area contributed by atoms with Crippen LogP contribution in [0.3, 0.4) is 0 Å². The summed E-state index contributed by atoms with van der Waals surface area (Å²) in [4.78, 5) is 20.4. The minimum atomic E-state index is -4.05. The quantitative estimate of drug-likeness (QED) is 0.465. The lowest BCUT2D eigenvalue weighted by Gasteiger charge is -2.07. The van der Waals surface area contributed by atoms with Crippen LogP contribution in [0.15, 0.2) is 28.0 Å². The molecule has 0 bridgehead atoms. The van der Waals surface area contributed by atoms with Gasteiger partial charge in [-0.2, -0.15) is 0 Å². The Balaban J connectivity index is 3.27. The lowest BCUT2D eigenvalue weighted by atomic mass is 10.3. The van der Waals surface area contributed by atoms with Crippen molar-refractivity contribution >= 4 is 33.4 Å². The maximum atomic E-state index is 11.1. The Hall–Kier alpha value is -1.65. The molecule has 1 unspecified atom stereocenters. The van der Waals surface area contributed by atoms with Crippen LogP contribution in [0, 0.1) is 10.1 Å². The summed E-state index contributed by atoms with van der Waals surface area (Å²) < 4.78 is 22.2. The van der Waals surface area contributed by atoms with Crippen molar-refractivity contribution < 1.29 is 23.2 Å². The fourth-order valence-electron chi connectivity index (χ4n) is 1.16. The number of carbonyl (C=O) groups is 1. The lowest BCUT2D eigenvalue weighted by Crippen LogP contribution is -2.13. The van der Waals surface area contributed by atoms with Gasteiger partial charge in [-0.05, 0) is 19.1 Å². The maximum Gasteiger partial charge on any atom is 0.316 e. The maximum absolute atomic E-state index is 11.1. The van der Waals surface area contributed by atoms with E-state index in [1.807, 2.05) is 0 Å². The minimum absolute atomic E-state index is 0.0623. The van der Waals surface area contributed by atoms with E-state index in [2.05, 4.69) is 0 Å². The van der Waals surface area contributed by atoms with E-state index in [9.17, 15) is 23.3 Å². The molecule has 0 radical (unpaired) electrons. The molecule has 104 valence electrons. The fourth-order valence-corrected chi connectivity index (χ4v) is 2.57. The first-order valence-electron chi connectivity index (χ1n) is 4.83. The number of thioether (sulfide) groups is 1. The number of benzene rings is 1. The van der Waals surface area contributed by atoms with Crippen LogP contribution in [-0.4, -0.2) is 29.7 Å². The predicted molar refractivity (Wildman–Crippen MR) is 67.4 cm³/mol. The van der Waals surface area contributed by atoms with Crippen molar-refractivity contribution in [3.05, 3.63) is 28.3 Å². The monoisotopic (exact) mass is 306 g/mol. The summed E-state index contributed by atoms with van der Waals surface area (Å²) in [7, 11) is -4.05. The number of nitro groups is 1. The molecule has 1 atom stereocenters. The van der Waals surface area contributed by atoms with Crippen LogP contribution in [-0.2, 0) is 14.8 Å². The van der Waals surface area contributed by atoms with Gasteiger partial charge in [0.15, 0.2) is 0 Å². The number of primary sulfonamides is 1. The van der Waals surface area contributed by atoms with E-state index in [1.54, 1.807) is 0 Å². The zero-order chi connectivity index (χ0) is 14.8. The average molecular weight is 306 g/mol. The Morgan fingerprint density at radius 2 is 2.11 bits per heavy atom. The number of nitrogens with two attached hydrogens (primary N) is 1. The molecule has 10 heteroatoms. The Bertz CT molecular complexity index is 628. The van der Waals surface area contributed by atoms with Crippen LogP contribution in [0.1, 0.15) is 6.92 Å². The number of carboxylic acids is 1. The molecule has 0 aliphatic carbocycles. The number of nitro benzene ring substituents is 1. The summed E-state index contributed by atoms with van der Waals surface area (Å²) >= 11 is 0.749. The second-order valence-electron chi connectivity index (χ2n) is 3.53. The van der Waals surface area contributed by atoms with Gasteiger partial charge in [0.2, 0.25) is 10.0 Å². The topological polar surface area (TPSA) is 141 Å². The molecule has 0 fully saturated rings. The molecule has 19 heavy (non-hydrogen) atoms. The van der Waals surface area contributed by atoms with Gasteiger partial charge in [0.25, 0.3) is 5.69 Å². The van der Waals surface area contributed by atoms with Crippen molar-refractivity contribution in [3.63, 3.8) is 0 Å². The number of sulfonamides is 1. The number of nitrogens with zero attached hydrogens (tertiary/aromatic N) is 1. The van der Waals surface area contributed by atoms with Crippen LogP contribution < -0.4 is 5.14 Å². The van der Waals surface area contributed by atoms with Crippen molar-refractivity contribution in [1.29, 1.82) is 0 Å². The van der Waals surface area contributed by atoms with Crippen LogP contribution in [0.5, 0.6) is 0 Å². The molecule has 1 aromatic carbocycles. The van der Waals surface area contributed by atoms with Gasteiger partial charge in [0, 0.05) is 6.07 Å². The number of hydrogen-bond acceptors (Lipinski definition) is 6. The number of hydrogen-bond donors (Lipinski definition) is 2. The molecule has 0 spiro atoms. The highest BCUT2D eigenvalue weighted by molar-refractivity contribution is 8.00. The number of rotatable bonds is 5. The van der Waals surface area contributed by atoms with E-state index >= 15 is 0 Å². The highest BCUT2D eigenvalue weighted by Crippen LogP contribution is 2.33. The Morgan fingerprint density at radius 1 is 1.53 bits per heavy atom. The van der Waals surface area contributed by atoms with Gasteiger partial charge in [-0.25, -0.2) is 13.6 Å². The van der Waals surface area contributed by atoms with Gasteiger partial charge in [0.05, 0.1) is 14.7 Å². The molecule has 0 aliphatic heterocycles. The van der Waals surface area contributed by atoms with E-state index in [4.69, 9.17) is 10.2 Å². The summed E-state index contributed by atoms with van der Waals surface area (Å²) in [5, 5.41) is 23.6. The molecule has 1 rings (SSSR count). The van der Waals surface area contributed by atoms with E-state index in [-0.39, 0.29) is 4.90 Å². The smallest absolute Gasteiger partial charge is 0.316 e. The zero-order valence-electron chi connectivity index (χ0n) is 9.64. The van der Waals surface area contributed by atoms with Gasteiger partial charge >= 0.3 is 5.97 Å². The molecule has 0 saturated carbocycles. The van der Waals surface area contributed by atoms with Crippen molar-refractivity contribution in [2.75, 3.05) is 0 Å². The minimum Gasteiger partial charge on any atom is -0.480 e. The molecule has 3 N–H and O–H groups in total. The largest absolute Gasteiger partial charge is 0.480 e. The summed E-state index contributed by atoms with van der Waals surface area (Å²) in [6.45, 7) is 1.37. The average Bonchev–Trinajstić information content (AvgIpc) is 2.27. The third-order valence-electron chi connectivity index (χ3n) is 2.11. The Morgan fingerprint density at radius 3 is 2.53 bits per heavy atom. The molecule has 0 aromatic heterocycles. The third-order valence-corrected chi connectivity index (χ3v) is 4.17. The van der Waals surface area contributed by atoms with Crippen LogP contribution in [0.25, 0.3) is 0 Å². The van der Waals surface area contributed by atoms with E-state index < -0.39 is 36.7 Å². The molecule has 8 nitrogen and oxygen atoms in total. The number of aliphatic carboxylic acids is 1. The van der Waals surface area contributed by atoms with Crippen molar-refractivity contribution in [1.82, 2.24) is 0 Å². The van der Waals surface area contributed by atoms with Gasteiger partial charge in [0.1, 0.15) is 5.25 Å². The van der Waals surface area contributed by atoms with Gasteiger partial charge in [-0.3, -0.25) is 14.9 Å². The lowest BCUT2D eigenvalue weighted by molar-refractivity contribution is -0.388. The first kappa shape index (κ1) is 15.4. The standard InChI is InChI=1S/C9H10N2O6S2/c1-5(9(12)13)18-8-3-2-6(19(10,16)17)4-7(8)11(14)15/h2-5H,1H3,(H,12,13)(H2,10,16,17). The first-order valence-corrected chi connectivity index (χ1v) is 7.26. The van der Waals surface area contributed by atoms with Crippen molar-refractivity contribution in [3.8, 4) is 0 Å². The summed E-state index contributed by atoms with van der Waals surface area (Å²) in [5.41, 5.74) is -0.496. The first-order chi connectivity index (χ1) is 8.62. The predicted octanol–water partition coefficient (Wildman–Crippen LogP) is 0.807. The second-order valence-corrected chi connectivity index (χ2v) is 6.47. The van der Waals surface area contributed by atoms with E-state index in [1.165, 1.54) is 13.0 Å². The van der Waals surface area contributed by atoms with Gasteiger partial charge in [-0.15, -0.1) is 11.8 Å². The van der Waals surface area contributed by atoms with Crippen molar-refractivity contribution in [2.24, 2.45) is 5.14 Å². The Kier molecular flexibility index (Phi) is 4.50. The SMILES string of the molecule is CC(Sc1ccc(S(N)(=O)=O)cc1[N+](=O)[O-])C(=O)O.